The maximum Gasteiger partial charge on any atom is 0.328 e. The van der Waals surface area contributed by atoms with Crippen molar-refractivity contribution in [2.45, 2.75) is 31.5 Å². The van der Waals surface area contributed by atoms with Crippen molar-refractivity contribution in [1.29, 1.82) is 0 Å². The Labute approximate surface area is 128 Å². The number of rotatable bonds is 1. The number of hydrogen-bond donors (Lipinski definition) is 0. The molecular formula is C15H16N2O4S. The maximum atomic E-state index is 12.6. The molecule has 0 aliphatic carbocycles. The number of carbonyl (C=O) groups is 2. The number of fused-ring (bicyclic) bond motifs is 2. The first-order valence-electron chi connectivity index (χ1n) is 7.37. The Hall–Kier alpha value is -1.89. The van der Waals surface area contributed by atoms with Gasteiger partial charge in [-0.2, -0.15) is 0 Å². The van der Waals surface area contributed by atoms with E-state index in [0.717, 1.165) is 11.1 Å². The summed E-state index contributed by atoms with van der Waals surface area (Å²) in [6.07, 6.45) is 0.865. The number of sulfone groups is 1. The summed E-state index contributed by atoms with van der Waals surface area (Å²) in [5.41, 5.74) is 2.14. The average molecular weight is 320 g/mol. The predicted octanol–water partition coefficient (Wildman–Crippen LogP) is 0.563. The summed E-state index contributed by atoms with van der Waals surface area (Å²) in [4.78, 5) is 28.0. The summed E-state index contributed by atoms with van der Waals surface area (Å²) >= 11 is 0. The Balaban J connectivity index is 1.65. The first kappa shape index (κ1) is 13.8. The number of benzene rings is 1. The molecule has 2 atom stereocenters. The Morgan fingerprint density at radius 3 is 2.50 bits per heavy atom. The standard InChI is InChI=1S/C15H16N2O4S/c18-14-13-7-10-3-1-2-4-11(10)8-16(13)15(19)17(14)12-5-6-22(20,21)9-12/h1-4,12-13H,5-9H2/t12?,13-/m0/s1. The monoisotopic (exact) mass is 320 g/mol. The van der Waals surface area contributed by atoms with Gasteiger partial charge in [-0.1, -0.05) is 24.3 Å². The van der Waals surface area contributed by atoms with E-state index in [1.165, 1.54) is 4.90 Å². The van der Waals surface area contributed by atoms with Crippen LogP contribution in [0.3, 0.4) is 0 Å². The van der Waals surface area contributed by atoms with E-state index < -0.39 is 21.9 Å². The zero-order valence-electron chi connectivity index (χ0n) is 11.9. The molecule has 0 bridgehead atoms. The van der Waals surface area contributed by atoms with Crippen molar-refractivity contribution in [3.05, 3.63) is 35.4 Å². The van der Waals surface area contributed by atoms with Crippen LogP contribution in [0.15, 0.2) is 24.3 Å². The number of urea groups is 1. The van der Waals surface area contributed by atoms with Gasteiger partial charge in [0.15, 0.2) is 9.84 Å². The molecule has 1 unspecified atom stereocenters. The van der Waals surface area contributed by atoms with Gasteiger partial charge in [-0.3, -0.25) is 9.69 Å². The van der Waals surface area contributed by atoms with Gasteiger partial charge in [0.25, 0.3) is 5.91 Å². The molecule has 3 heterocycles. The molecule has 7 heteroatoms. The summed E-state index contributed by atoms with van der Waals surface area (Å²) in [5.74, 6) is -0.293. The van der Waals surface area contributed by atoms with Crippen molar-refractivity contribution < 1.29 is 18.0 Å². The molecule has 3 amide bonds. The molecule has 116 valence electrons. The molecule has 1 aromatic carbocycles. The molecule has 6 nitrogen and oxygen atoms in total. The second kappa shape index (κ2) is 4.55. The summed E-state index contributed by atoms with van der Waals surface area (Å²) in [6.45, 7) is 0.418. The Kier molecular flexibility index (Phi) is 2.84. The topological polar surface area (TPSA) is 74.8 Å². The highest BCUT2D eigenvalue weighted by Gasteiger charge is 2.51. The first-order valence-corrected chi connectivity index (χ1v) is 9.19. The van der Waals surface area contributed by atoms with Gasteiger partial charge in [0.05, 0.1) is 17.5 Å². The molecule has 0 N–H and O–H groups in total. The Morgan fingerprint density at radius 1 is 1.09 bits per heavy atom. The molecule has 3 aliphatic heterocycles. The number of carbonyl (C=O) groups excluding carboxylic acids is 2. The fourth-order valence-electron chi connectivity index (χ4n) is 3.65. The minimum Gasteiger partial charge on any atom is -0.308 e. The lowest BCUT2D eigenvalue weighted by atomic mass is 9.95. The van der Waals surface area contributed by atoms with Crippen LogP contribution in [0.25, 0.3) is 0 Å². The molecule has 0 spiro atoms. The average Bonchev–Trinajstić information content (AvgIpc) is 2.95. The molecule has 2 fully saturated rings. The third-order valence-corrected chi connectivity index (χ3v) is 6.55. The molecule has 2 saturated heterocycles. The normalized spacial score (nSPS) is 29.6. The summed E-state index contributed by atoms with van der Waals surface area (Å²) in [7, 11) is -3.13. The highest BCUT2D eigenvalue weighted by atomic mass is 32.2. The van der Waals surface area contributed by atoms with Crippen LogP contribution >= 0.6 is 0 Å². The number of nitrogens with zero attached hydrogens (tertiary/aromatic N) is 2. The third kappa shape index (κ3) is 1.95. The van der Waals surface area contributed by atoms with Crippen LogP contribution in [0, 0.1) is 0 Å². The summed E-state index contributed by atoms with van der Waals surface area (Å²) in [6, 6.07) is 6.47. The first-order chi connectivity index (χ1) is 10.5. The molecule has 0 aromatic heterocycles. The second-order valence-electron chi connectivity index (χ2n) is 6.16. The van der Waals surface area contributed by atoms with Crippen LogP contribution in [0.4, 0.5) is 4.79 Å². The van der Waals surface area contributed by atoms with Crippen LogP contribution < -0.4 is 0 Å². The van der Waals surface area contributed by atoms with Gasteiger partial charge in [0, 0.05) is 13.0 Å². The van der Waals surface area contributed by atoms with E-state index in [0.29, 0.717) is 19.4 Å². The molecule has 3 aliphatic rings. The number of amides is 3. The minimum atomic E-state index is -3.13. The van der Waals surface area contributed by atoms with Crippen LogP contribution in [-0.4, -0.2) is 53.7 Å². The summed E-state index contributed by atoms with van der Waals surface area (Å²) < 4.78 is 23.3. The van der Waals surface area contributed by atoms with Crippen molar-refractivity contribution in [2.24, 2.45) is 0 Å². The van der Waals surface area contributed by atoms with Gasteiger partial charge in [0.2, 0.25) is 0 Å². The molecule has 0 saturated carbocycles. The van der Waals surface area contributed by atoms with Crippen molar-refractivity contribution in [1.82, 2.24) is 9.80 Å². The van der Waals surface area contributed by atoms with E-state index in [1.807, 2.05) is 24.3 Å². The molecule has 1 aromatic rings. The van der Waals surface area contributed by atoms with Crippen LogP contribution in [-0.2, 0) is 27.6 Å². The molecular weight excluding hydrogens is 304 g/mol. The predicted molar refractivity (Wildman–Crippen MR) is 78.8 cm³/mol. The van der Waals surface area contributed by atoms with Crippen LogP contribution in [0.1, 0.15) is 17.5 Å². The SMILES string of the molecule is O=C1[C@@H]2Cc3ccccc3CN2C(=O)N1C1CCS(=O)(=O)C1. The lowest BCUT2D eigenvalue weighted by Gasteiger charge is -2.28. The lowest BCUT2D eigenvalue weighted by Crippen LogP contribution is -2.41. The van der Waals surface area contributed by atoms with E-state index in [4.69, 9.17) is 0 Å². The van der Waals surface area contributed by atoms with Gasteiger partial charge in [-0.05, 0) is 17.5 Å². The smallest absolute Gasteiger partial charge is 0.308 e. The Morgan fingerprint density at radius 2 is 1.82 bits per heavy atom. The highest BCUT2D eigenvalue weighted by molar-refractivity contribution is 7.91. The Bertz CT molecular complexity index is 731. The maximum absolute atomic E-state index is 12.6. The van der Waals surface area contributed by atoms with Crippen molar-refractivity contribution in [2.75, 3.05) is 11.5 Å². The van der Waals surface area contributed by atoms with Gasteiger partial charge >= 0.3 is 6.03 Å². The van der Waals surface area contributed by atoms with Crippen molar-refractivity contribution in [3.63, 3.8) is 0 Å². The van der Waals surface area contributed by atoms with Crippen molar-refractivity contribution in [3.8, 4) is 0 Å². The van der Waals surface area contributed by atoms with Gasteiger partial charge < -0.3 is 4.90 Å². The van der Waals surface area contributed by atoms with Gasteiger partial charge in [-0.25, -0.2) is 13.2 Å². The lowest BCUT2D eigenvalue weighted by molar-refractivity contribution is -0.129. The van der Waals surface area contributed by atoms with Gasteiger partial charge in [-0.15, -0.1) is 0 Å². The quantitative estimate of drug-likeness (QED) is 0.709. The van der Waals surface area contributed by atoms with E-state index >= 15 is 0 Å². The summed E-state index contributed by atoms with van der Waals surface area (Å²) in [5, 5.41) is 0. The van der Waals surface area contributed by atoms with E-state index in [-0.39, 0.29) is 23.4 Å². The zero-order chi connectivity index (χ0) is 15.5. The molecule has 22 heavy (non-hydrogen) atoms. The van der Waals surface area contributed by atoms with E-state index in [9.17, 15) is 18.0 Å². The zero-order valence-corrected chi connectivity index (χ0v) is 12.8. The second-order valence-corrected chi connectivity index (χ2v) is 8.39. The van der Waals surface area contributed by atoms with E-state index in [2.05, 4.69) is 0 Å². The third-order valence-electron chi connectivity index (χ3n) is 4.80. The largest absolute Gasteiger partial charge is 0.328 e. The fourth-order valence-corrected chi connectivity index (χ4v) is 5.35. The van der Waals surface area contributed by atoms with E-state index in [1.54, 1.807) is 4.90 Å². The molecule has 4 rings (SSSR count). The van der Waals surface area contributed by atoms with Crippen molar-refractivity contribution >= 4 is 21.8 Å². The van der Waals surface area contributed by atoms with Crippen LogP contribution in [0.5, 0.6) is 0 Å². The molecule has 0 radical (unpaired) electrons. The van der Waals surface area contributed by atoms with Gasteiger partial charge in [0.1, 0.15) is 6.04 Å². The fraction of sp³-hybridized carbons (Fsp3) is 0.467. The minimum absolute atomic E-state index is 0.0552. The highest BCUT2D eigenvalue weighted by Crippen LogP contribution is 2.33. The van der Waals surface area contributed by atoms with Crippen LogP contribution in [0.2, 0.25) is 0 Å². The number of hydrogen-bond acceptors (Lipinski definition) is 4. The number of imide groups is 1.